The van der Waals surface area contributed by atoms with Crippen molar-refractivity contribution < 1.29 is 29.0 Å². The van der Waals surface area contributed by atoms with Crippen molar-refractivity contribution in [1.29, 1.82) is 0 Å². The SMILES string of the molecule is CC1=C(/C=C/C(=O)NCC(=O)O)OC2=CC(Cl)=C(Oc3ccncc3C(=O)N3CCN(C4CC4)c4ccccc43)CC21. The van der Waals surface area contributed by atoms with E-state index in [1.165, 1.54) is 31.2 Å². The standard InChI is InChI=1S/C31H29ClN4O6/c1-18-20-14-28(22(32)15-27(20)41-25(18)8-9-29(37)34-17-30(38)39)42-26-10-11-33-16-21(26)31(40)36-13-12-35(19-6-7-19)23-4-2-3-5-24(23)36/h2-5,8-11,15-16,19-20H,6-7,12-14,17H2,1H3,(H,34,37)(H,38,39)/b9-8+. The number of benzene rings is 1. The number of halogens is 1. The quantitative estimate of drug-likeness (QED) is 0.432. The van der Waals surface area contributed by atoms with Crippen LogP contribution in [0.1, 0.15) is 36.5 Å². The summed E-state index contributed by atoms with van der Waals surface area (Å²) in [6.07, 6.45) is 10.2. The number of hydrogen-bond donors (Lipinski definition) is 2. The Morgan fingerprint density at radius 3 is 2.74 bits per heavy atom. The lowest BCUT2D eigenvalue weighted by Gasteiger charge is -2.38. The fraction of sp³-hybridized carbons (Fsp3) is 0.290. The van der Waals surface area contributed by atoms with Crippen molar-refractivity contribution in [2.24, 2.45) is 5.92 Å². The predicted molar refractivity (Wildman–Crippen MR) is 156 cm³/mol. The lowest BCUT2D eigenvalue weighted by Crippen LogP contribution is -2.45. The molecular formula is C31H29ClN4O6. The molecule has 6 rings (SSSR count). The number of aromatic nitrogens is 1. The van der Waals surface area contributed by atoms with Gasteiger partial charge in [-0.15, -0.1) is 0 Å². The Morgan fingerprint density at radius 1 is 1.19 bits per heavy atom. The number of para-hydroxylation sites is 2. The summed E-state index contributed by atoms with van der Waals surface area (Å²) in [6.45, 7) is 2.74. The molecule has 1 atom stereocenters. The lowest BCUT2D eigenvalue weighted by molar-refractivity contribution is -0.137. The van der Waals surface area contributed by atoms with Gasteiger partial charge in [-0.1, -0.05) is 23.7 Å². The van der Waals surface area contributed by atoms with Gasteiger partial charge in [0.05, 0.1) is 16.4 Å². The molecule has 216 valence electrons. The normalized spacial score (nSPS) is 19.8. The highest BCUT2D eigenvalue weighted by Crippen LogP contribution is 2.45. The van der Waals surface area contributed by atoms with Gasteiger partial charge in [-0.25, -0.2) is 0 Å². The van der Waals surface area contributed by atoms with Crippen LogP contribution in [0.4, 0.5) is 11.4 Å². The Hall–Kier alpha value is -4.57. The molecule has 2 amide bonds. The number of nitrogens with one attached hydrogen (secondary N) is 1. The van der Waals surface area contributed by atoms with Gasteiger partial charge in [0.2, 0.25) is 5.91 Å². The summed E-state index contributed by atoms with van der Waals surface area (Å²) < 4.78 is 12.2. The van der Waals surface area contributed by atoms with Crippen molar-refractivity contribution in [1.82, 2.24) is 10.3 Å². The third-order valence-electron chi connectivity index (χ3n) is 7.73. The van der Waals surface area contributed by atoms with E-state index in [9.17, 15) is 14.4 Å². The second-order valence-electron chi connectivity index (χ2n) is 10.5. The molecule has 4 aliphatic rings. The van der Waals surface area contributed by atoms with Crippen LogP contribution in [0.3, 0.4) is 0 Å². The highest BCUT2D eigenvalue weighted by molar-refractivity contribution is 6.31. The molecule has 1 fully saturated rings. The number of fused-ring (bicyclic) bond motifs is 2. The number of aliphatic carboxylic acids is 1. The number of pyridine rings is 1. The minimum Gasteiger partial charge on any atom is -0.480 e. The molecule has 2 aromatic rings. The van der Waals surface area contributed by atoms with E-state index < -0.39 is 18.4 Å². The molecule has 2 N–H and O–H groups in total. The minimum absolute atomic E-state index is 0.174. The predicted octanol–water partition coefficient (Wildman–Crippen LogP) is 4.51. The molecule has 0 radical (unpaired) electrons. The van der Waals surface area contributed by atoms with Gasteiger partial charge in [-0.05, 0) is 55.7 Å². The van der Waals surface area contributed by atoms with E-state index in [0.29, 0.717) is 52.6 Å². The number of carboxylic acids is 1. The fourth-order valence-electron chi connectivity index (χ4n) is 5.43. The monoisotopic (exact) mass is 588 g/mol. The molecule has 3 heterocycles. The average Bonchev–Trinajstić information content (AvgIpc) is 3.79. The molecule has 42 heavy (non-hydrogen) atoms. The summed E-state index contributed by atoms with van der Waals surface area (Å²) in [5.74, 6) is -0.107. The number of carbonyl (C=O) groups is 3. The smallest absolute Gasteiger partial charge is 0.322 e. The van der Waals surface area contributed by atoms with Gasteiger partial charge in [-0.2, -0.15) is 0 Å². The Kier molecular flexibility index (Phi) is 7.47. The highest BCUT2D eigenvalue weighted by atomic mass is 35.5. The van der Waals surface area contributed by atoms with E-state index in [2.05, 4.69) is 21.3 Å². The van der Waals surface area contributed by atoms with Gasteiger partial charge in [-0.3, -0.25) is 19.4 Å². The summed E-state index contributed by atoms with van der Waals surface area (Å²) in [5, 5.41) is 11.3. The molecule has 0 spiro atoms. The number of ether oxygens (including phenoxy) is 2. The zero-order chi connectivity index (χ0) is 29.4. The van der Waals surface area contributed by atoms with Crippen molar-refractivity contribution in [3.63, 3.8) is 0 Å². The van der Waals surface area contributed by atoms with Crippen molar-refractivity contribution in [2.75, 3.05) is 29.4 Å². The van der Waals surface area contributed by atoms with E-state index in [-0.39, 0.29) is 11.8 Å². The lowest BCUT2D eigenvalue weighted by atomic mass is 9.91. The molecule has 1 aromatic carbocycles. The first-order valence-corrected chi connectivity index (χ1v) is 14.1. The number of carboxylic acid groups (broad SMARTS) is 1. The number of nitrogens with zero attached hydrogens (tertiary/aromatic N) is 3. The van der Waals surface area contributed by atoms with Crippen molar-refractivity contribution in [2.45, 2.75) is 32.2 Å². The Bertz CT molecular complexity index is 1590. The minimum atomic E-state index is -1.13. The number of hydrogen-bond acceptors (Lipinski definition) is 7. The molecule has 1 aromatic heterocycles. The molecule has 1 saturated carbocycles. The van der Waals surface area contributed by atoms with Crippen LogP contribution < -0.4 is 19.9 Å². The maximum absolute atomic E-state index is 13.9. The highest BCUT2D eigenvalue weighted by Gasteiger charge is 2.37. The average molecular weight is 589 g/mol. The van der Waals surface area contributed by atoms with Gasteiger partial charge in [0.1, 0.15) is 35.1 Å². The number of amides is 2. The third kappa shape index (κ3) is 5.49. The maximum atomic E-state index is 13.9. The van der Waals surface area contributed by atoms with Crippen LogP contribution in [-0.4, -0.2) is 53.6 Å². The van der Waals surface area contributed by atoms with E-state index in [0.717, 1.165) is 23.5 Å². The van der Waals surface area contributed by atoms with Crippen LogP contribution in [0.2, 0.25) is 0 Å². The van der Waals surface area contributed by atoms with Crippen molar-refractivity contribution in [3.8, 4) is 5.75 Å². The van der Waals surface area contributed by atoms with Gasteiger partial charge < -0.3 is 29.7 Å². The van der Waals surface area contributed by atoms with E-state index in [4.69, 9.17) is 26.2 Å². The zero-order valence-electron chi connectivity index (χ0n) is 22.9. The van der Waals surface area contributed by atoms with E-state index in [1.54, 1.807) is 23.2 Å². The van der Waals surface area contributed by atoms with Gasteiger partial charge >= 0.3 is 5.97 Å². The number of allylic oxidation sites excluding steroid dienone is 5. The Morgan fingerprint density at radius 2 is 1.98 bits per heavy atom. The van der Waals surface area contributed by atoms with Gasteiger partial charge in [0.25, 0.3) is 5.91 Å². The molecule has 0 saturated heterocycles. The summed E-state index contributed by atoms with van der Waals surface area (Å²) >= 11 is 6.62. The molecule has 10 nitrogen and oxygen atoms in total. The van der Waals surface area contributed by atoms with E-state index >= 15 is 0 Å². The maximum Gasteiger partial charge on any atom is 0.322 e. The largest absolute Gasteiger partial charge is 0.480 e. The Balaban J connectivity index is 1.20. The fourth-order valence-corrected chi connectivity index (χ4v) is 5.66. The summed E-state index contributed by atoms with van der Waals surface area (Å²) in [5.41, 5.74) is 3.14. The first-order chi connectivity index (χ1) is 20.3. The molecule has 2 aliphatic heterocycles. The number of anilines is 2. The van der Waals surface area contributed by atoms with Crippen LogP contribution >= 0.6 is 11.6 Å². The molecule has 0 bridgehead atoms. The molecule has 11 heteroatoms. The number of carbonyl (C=O) groups excluding carboxylic acids is 2. The van der Waals surface area contributed by atoms with Crippen LogP contribution in [0.15, 0.2) is 88.8 Å². The Labute approximate surface area is 247 Å². The topological polar surface area (TPSA) is 121 Å². The van der Waals surface area contributed by atoms with Gasteiger partial charge in [0.15, 0.2) is 0 Å². The summed E-state index contributed by atoms with van der Waals surface area (Å²) in [6, 6.07) is 10.2. The van der Waals surface area contributed by atoms with Crippen LogP contribution in [0.25, 0.3) is 0 Å². The summed E-state index contributed by atoms with van der Waals surface area (Å²) in [4.78, 5) is 44.9. The molecular weight excluding hydrogens is 560 g/mol. The van der Waals surface area contributed by atoms with Crippen LogP contribution in [-0.2, 0) is 14.3 Å². The molecule has 1 unspecified atom stereocenters. The number of rotatable bonds is 8. The molecule has 2 aliphatic carbocycles. The second kappa shape index (κ2) is 11.4. The third-order valence-corrected chi connectivity index (χ3v) is 8.05. The first kappa shape index (κ1) is 27.6. The first-order valence-electron chi connectivity index (χ1n) is 13.8. The second-order valence-corrected chi connectivity index (χ2v) is 10.9. The van der Waals surface area contributed by atoms with Crippen molar-refractivity contribution >= 4 is 40.8 Å². The van der Waals surface area contributed by atoms with E-state index in [1.807, 2.05) is 25.1 Å². The van der Waals surface area contributed by atoms with Crippen LogP contribution in [0, 0.1) is 5.92 Å². The zero-order valence-corrected chi connectivity index (χ0v) is 23.6. The van der Waals surface area contributed by atoms with Crippen molar-refractivity contribution in [3.05, 3.63) is 94.4 Å². The summed E-state index contributed by atoms with van der Waals surface area (Å²) in [7, 11) is 0. The van der Waals surface area contributed by atoms with Crippen LogP contribution in [0.5, 0.6) is 5.75 Å². The van der Waals surface area contributed by atoms with Gasteiger partial charge in [0, 0.05) is 49.9 Å².